The van der Waals surface area contributed by atoms with E-state index in [2.05, 4.69) is 10.5 Å². The molecule has 0 bridgehead atoms. The lowest BCUT2D eigenvalue weighted by atomic mass is 10.1. The van der Waals surface area contributed by atoms with Crippen molar-refractivity contribution >= 4 is 11.6 Å². The second kappa shape index (κ2) is 4.87. The van der Waals surface area contributed by atoms with Crippen molar-refractivity contribution in [3.8, 4) is 0 Å². The first-order chi connectivity index (χ1) is 6.97. The van der Waals surface area contributed by atoms with Gasteiger partial charge in [-0.3, -0.25) is 16.0 Å². The van der Waals surface area contributed by atoms with E-state index in [1.54, 1.807) is 14.0 Å². The predicted molar refractivity (Wildman–Crippen MR) is 53.8 cm³/mol. The molecule has 1 heterocycles. The van der Waals surface area contributed by atoms with Gasteiger partial charge in [0.1, 0.15) is 5.15 Å². The van der Waals surface area contributed by atoms with Crippen molar-refractivity contribution in [3.05, 3.63) is 16.4 Å². The number of nitrogens with two attached hydrogens (primary N) is 1. The fourth-order valence-electron chi connectivity index (χ4n) is 1.35. The number of aryl methyl sites for hydroxylation is 2. The molecule has 1 aromatic heterocycles. The topological polar surface area (TPSA) is 55.9 Å². The molecule has 1 rings (SSSR count). The molecule has 7 heteroatoms. The standard InChI is InChI=1S/C8H13ClF2N4/c1-4-5(7(9)15(2)14-4)3-6(13-12)8(10)11/h6,8,13H,3,12H2,1-2H3. The maximum absolute atomic E-state index is 12.4. The Balaban J connectivity index is 2.88. The van der Waals surface area contributed by atoms with Crippen molar-refractivity contribution in [1.82, 2.24) is 15.2 Å². The number of rotatable bonds is 4. The lowest BCUT2D eigenvalue weighted by Crippen LogP contribution is -2.42. The Morgan fingerprint density at radius 2 is 2.20 bits per heavy atom. The molecule has 3 N–H and O–H groups in total. The fraction of sp³-hybridized carbons (Fsp3) is 0.625. The normalized spacial score (nSPS) is 13.5. The Hall–Kier alpha value is -0.720. The van der Waals surface area contributed by atoms with Gasteiger partial charge in [-0.2, -0.15) is 5.10 Å². The van der Waals surface area contributed by atoms with E-state index in [-0.39, 0.29) is 6.42 Å². The fourth-order valence-corrected chi connectivity index (χ4v) is 1.60. The molecule has 0 aromatic carbocycles. The average molecular weight is 239 g/mol. The first-order valence-electron chi connectivity index (χ1n) is 4.39. The minimum absolute atomic E-state index is 0.0622. The highest BCUT2D eigenvalue weighted by Gasteiger charge is 2.23. The quantitative estimate of drug-likeness (QED) is 0.608. The molecule has 0 fully saturated rings. The summed E-state index contributed by atoms with van der Waals surface area (Å²) in [6, 6.07) is -1.11. The first kappa shape index (κ1) is 12.4. The maximum Gasteiger partial charge on any atom is 0.255 e. The summed E-state index contributed by atoms with van der Waals surface area (Å²) in [5.41, 5.74) is 3.31. The van der Waals surface area contributed by atoms with Crippen LogP contribution in [0.3, 0.4) is 0 Å². The molecule has 0 amide bonds. The zero-order chi connectivity index (χ0) is 11.6. The summed E-state index contributed by atoms with van der Waals surface area (Å²) in [4.78, 5) is 0. The van der Waals surface area contributed by atoms with Gasteiger partial charge in [0.15, 0.2) is 0 Å². The maximum atomic E-state index is 12.4. The third-order valence-corrected chi connectivity index (χ3v) is 2.68. The van der Waals surface area contributed by atoms with Gasteiger partial charge in [0, 0.05) is 12.6 Å². The number of hydrazine groups is 1. The molecule has 0 spiro atoms. The number of hydrogen-bond donors (Lipinski definition) is 2. The molecule has 15 heavy (non-hydrogen) atoms. The number of nitrogens with zero attached hydrogens (tertiary/aromatic N) is 2. The van der Waals surface area contributed by atoms with Gasteiger partial charge in [0.05, 0.1) is 11.7 Å². The van der Waals surface area contributed by atoms with Crippen molar-refractivity contribution in [3.63, 3.8) is 0 Å². The zero-order valence-corrected chi connectivity index (χ0v) is 9.22. The largest absolute Gasteiger partial charge is 0.271 e. The summed E-state index contributed by atoms with van der Waals surface area (Å²) >= 11 is 5.91. The van der Waals surface area contributed by atoms with Crippen LogP contribution in [-0.2, 0) is 13.5 Å². The van der Waals surface area contributed by atoms with Gasteiger partial charge >= 0.3 is 0 Å². The van der Waals surface area contributed by atoms with Gasteiger partial charge in [-0.05, 0) is 13.3 Å². The summed E-state index contributed by atoms with van der Waals surface area (Å²) in [6.45, 7) is 1.72. The van der Waals surface area contributed by atoms with E-state index in [0.717, 1.165) is 0 Å². The second-order valence-corrected chi connectivity index (χ2v) is 3.65. The number of halogens is 3. The van der Waals surface area contributed by atoms with Crippen LogP contribution in [0.25, 0.3) is 0 Å². The average Bonchev–Trinajstić information content (AvgIpc) is 2.39. The van der Waals surface area contributed by atoms with Gasteiger partial charge in [0.2, 0.25) is 0 Å². The van der Waals surface area contributed by atoms with E-state index < -0.39 is 12.5 Å². The predicted octanol–water partition coefficient (Wildman–Crippen LogP) is 1.02. The molecule has 0 saturated carbocycles. The smallest absolute Gasteiger partial charge is 0.255 e. The monoisotopic (exact) mass is 238 g/mol. The van der Waals surface area contributed by atoms with Gasteiger partial charge < -0.3 is 0 Å². The van der Waals surface area contributed by atoms with Gasteiger partial charge in [-0.15, -0.1) is 0 Å². The molecule has 0 radical (unpaired) electrons. The molecular weight excluding hydrogens is 226 g/mol. The lowest BCUT2D eigenvalue weighted by Gasteiger charge is -2.14. The van der Waals surface area contributed by atoms with Crippen molar-refractivity contribution in [2.45, 2.75) is 25.8 Å². The van der Waals surface area contributed by atoms with E-state index in [4.69, 9.17) is 17.4 Å². The van der Waals surface area contributed by atoms with Crippen molar-refractivity contribution < 1.29 is 8.78 Å². The van der Waals surface area contributed by atoms with Gasteiger partial charge in [0.25, 0.3) is 6.43 Å². The number of nitrogens with one attached hydrogen (secondary N) is 1. The summed E-state index contributed by atoms with van der Waals surface area (Å²) < 4.78 is 26.3. The van der Waals surface area contributed by atoms with Crippen LogP contribution in [0.1, 0.15) is 11.3 Å². The molecule has 0 aliphatic carbocycles. The molecule has 4 nitrogen and oxygen atoms in total. The van der Waals surface area contributed by atoms with Crippen LogP contribution in [0.4, 0.5) is 8.78 Å². The van der Waals surface area contributed by atoms with Crippen molar-refractivity contribution in [2.75, 3.05) is 0 Å². The van der Waals surface area contributed by atoms with E-state index in [9.17, 15) is 8.78 Å². The van der Waals surface area contributed by atoms with Crippen LogP contribution >= 0.6 is 11.6 Å². The molecule has 1 atom stereocenters. The van der Waals surface area contributed by atoms with E-state index in [1.165, 1.54) is 4.68 Å². The summed E-state index contributed by atoms with van der Waals surface area (Å²) in [7, 11) is 1.66. The SMILES string of the molecule is Cc1nn(C)c(Cl)c1CC(NN)C(F)F. The Morgan fingerprint density at radius 1 is 1.60 bits per heavy atom. The minimum atomic E-state index is -2.54. The highest BCUT2D eigenvalue weighted by Crippen LogP contribution is 2.21. The van der Waals surface area contributed by atoms with E-state index >= 15 is 0 Å². The summed E-state index contributed by atoms with van der Waals surface area (Å²) in [5.74, 6) is 5.03. The second-order valence-electron chi connectivity index (χ2n) is 3.29. The molecule has 1 unspecified atom stereocenters. The third kappa shape index (κ3) is 2.64. The Bertz CT molecular complexity index is 340. The van der Waals surface area contributed by atoms with Crippen LogP contribution in [0.15, 0.2) is 0 Å². The Labute approximate surface area is 91.4 Å². The molecular formula is C8H13ClF2N4. The summed E-state index contributed by atoms with van der Waals surface area (Å²) in [5, 5.41) is 4.40. The molecule has 86 valence electrons. The highest BCUT2D eigenvalue weighted by molar-refractivity contribution is 6.30. The molecule has 0 aliphatic heterocycles. The van der Waals surface area contributed by atoms with Crippen LogP contribution in [0.5, 0.6) is 0 Å². The zero-order valence-electron chi connectivity index (χ0n) is 8.47. The number of alkyl halides is 2. The molecule has 0 aliphatic rings. The first-order valence-corrected chi connectivity index (χ1v) is 4.77. The van der Waals surface area contributed by atoms with Gasteiger partial charge in [-0.25, -0.2) is 8.78 Å². The number of hydrogen-bond acceptors (Lipinski definition) is 3. The molecule has 1 aromatic rings. The van der Waals surface area contributed by atoms with Crippen LogP contribution < -0.4 is 11.3 Å². The van der Waals surface area contributed by atoms with Crippen molar-refractivity contribution in [1.29, 1.82) is 0 Å². The van der Waals surface area contributed by atoms with E-state index in [0.29, 0.717) is 16.4 Å². The minimum Gasteiger partial charge on any atom is -0.271 e. The van der Waals surface area contributed by atoms with E-state index in [1.807, 2.05) is 0 Å². The van der Waals surface area contributed by atoms with Crippen LogP contribution in [0.2, 0.25) is 5.15 Å². The van der Waals surface area contributed by atoms with Crippen molar-refractivity contribution in [2.24, 2.45) is 12.9 Å². The number of aromatic nitrogens is 2. The van der Waals surface area contributed by atoms with Crippen LogP contribution in [0, 0.1) is 6.92 Å². The summed E-state index contributed by atoms with van der Waals surface area (Å²) in [6.07, 6.45) is -2.47. The van der Waals surface area contributed by atoms with Gasteiger partial charge in [-0.1, -0.05) is 11.6 Å². The third-order valence-electron chi connectivity index (χ3n) is 2.21. The lowest BCUT2D eigenvalue weighted by molar-refractivity contribution is 0.0984. The molecule has 0 saturated heterocycles. The highest BCUT2D eigenvalue weighted by atomic mass is 35.5. The Morgan fingerprint density at radius 3 is 2.53 bits per heavy atom. The Kier molecular flexibility index (Phi) is 4.01. The van der Waals surface area contributed by atoms with Crippen LogP contribution in [-0.4, -0.2) is 22.2 Å².